The Kier molecular flexibility index (Phi) is 13.0. The van der Waals surface area contributed by atoms with Crippen LogP contribution in [0.4, 0.5) is 0 Å². The largest absolute Gasteiger partial charge is 0.377 e. The zero-order chi connectivity index (χ0) is 15.5. The Hall–Kier alpha value is -0.300. The highest BCUT2D eigenvalue weighted by Crippen LogP contribution is 2.11. The van der Waals surface area contributed by atoms with Crippen molar-refractivity contribution in [3.8, 4) is 0 Å². The molecule has 0 aromatic heterocycles. The maximum Gasteiger partial charge on any atom is 0.191 e. The van der Waals surface area contributed by atoms with E-state index in [0.717, 1.165) is 44.5 Å². The second-order valence-corrected chi connectivity index (χ2v) is 6.31. The van der Waals surface area contributed by atoms with Gasteiger partial charge in [0.2, 0.25) is 0 Å². The number of nitrogens with one attached hydrogen (secondary N) is 2. The van der Waals surface area contributed by atoms with Crippen LogP contribution < -0.4 is 10.6 Å². The lowest BCUT2D eigenvalue weighted by atomic mass is 10.0. The third-order valence-corrected chi connectivity index (χ3v) is 3.82. The van der Waals surface area contributed by atoms with Crippen LogP contribution in [0.15, 0.2) is 16.6 Å². The second-order valence-electron chi connectivity index (χ2n) is 6.31. The van der Waals surface area contributed by atoms with Crippen molar-refractivity contribution < 1.29 is 4.74 Å². The molecule has 0 amide bonds. The van der Waals surface area contributed by atoms with Gasteiger partial charge in [-0.3, -0.25) is 4.99 Å². The molecule has 0 saturated heterocycles. The number of rotatable bonds is 8. The van der Waals surface area contributed by atoms with Gasteiger partial charge in [0.25, 0.3) is 0 Å². The summed E-state index contributed by atoms with van der Waals surface area (Å²) in [4.78, 5) is 4.30. The minimum atomic E-state index is 0. The van der Waals surface area contributed by atoms with Crippen LogP contribution in [-0.4, -0.2) is 38.8 Å². The average molecular weight is 423 g/mol. The van der Waals surface area contributed by atoms with Crippen molar-refractivity contribution in [2.75, 3.05) is 26.8 Å². The van der Waals surface area contributed by atoms with E-state index in [-0.39, 0.29) is 24.0 Å². The molecule has 1 aliphatic rings. The fourth-order valence-corrected chi connectivity index (χ4v) is 2.47. The van der Waals surface area contributed by atoms with Crippen LogP contribution in [-0.2, 0) is 4.74 Å². The van der Waals surface area contributed by atoms with Crippen molar-refractivity contribution in [1.82, 2.24) is 10.6 Å². The van der Waals surface area contributed by atoms with E-state index >= 15 is 0 Å². The van der Waals surface area contributed by atoms with Gasteiger partial charge in [-0.05, 0) is 32.1 Å². The Morgan fingerprint density at radius 2 is 2.09 bits per heavy atom. The highest BCUT2D eigenvalue weighted by molar-refractivity contribution is 14.0. The van der Waals surface area contributed by atoms with Crippen molar-refractivity contribution in [2.24, 2.45) is 10.9 Å². The minimum absolute atomic E-state index is 0. The predicted molar refractivity (Wildman–Crippen MR) is 106 cm³/mol. The SMILES string of the molecule is CN=C(NCCC1=CCOCC1)NC(C)CCCC(C)C.I. The molecule has 1 unspecified atom stereocenters. The summed E-state index contributed by atoms with van der Waals surface area (Å²) in [6, 6.07) is 0.470. The Bertz CT molecular complexity index is 343. The monoisotopic (exact) mass is 423 g/mol. The third-order valence-electron chi connectivity index (χ3n) is 3.82. The van der Waals surface area contributed by atoms with Crippen molar-refractivity contribution in [3.05, 3.63) is 11.6 Å². The molecule has 0 bridgehead atoms. The highest BCUT2D eigenvalue weighted by Gasteiger charge is 2.07. The van der Waals surface area contributed by atoms with Gasteiger partial charge in [0.1, 0.15) is 0 Å². The normalized spacial score (nSPS) is 16.8. The lowest BCUT2D eigenvalue weighted by Gasteiger charge is -2.19. The zero-order valence-electron chi connectivity index (χ0n) is 14.7. The van der Waals surface area contributed by atoms with Gasteiger partial charge in [-0.1, -0.05) is 38.3 Å². The maximum atomic E-state index is 5.32. The van der Waals surface area contributed by atoms with E-state index in [0.29, 0.717) is 6.04 Å². The topological polar surface area (TPSA) is 45.7 Å². The molecular weight excluding hydrogens is 389 g/mol. The molecule has 2 N–H and O–H groups in total. The summed E-state index contributed by atoms with van der Waals surface area (Å²) < 4.78 is 5.32. The van der Waals surface area contributed by atoms with Crippen LogP contribution in [0.2, 0.25) is 0 Å². The molecule has 0 saturated carbocycles. The molecule has 22 heavy (non-hydrogen) atoms. The van der Waals surface area contributed by atoms with E-state index in [4.69, 9.17) is 4.74 Å². The molecule has 0 aromatic rings. The van der Waals surface area contributed by atoms with Crippen molar-refractivity contribution in [2.45, 2.75) is 58.9 Å². The van der Waals surface area contributed by atoms with Crippen LogP contribution >= 0.6 is 24.0 Å². The number of nitrogens with zero attached hydrogens (tertiary/aromatic N) is 1. The Morgan fingerprint density at radius 3 is 2.68 bits per heavy atom. The Morgan fingerprint density at radius 1 is 1.32 bits per heavy atom. The molecule has 0 fully saturated rings. The Balaban J connectivity index is 0.00000441. The van der Waals surface area contributed by atoms with Crippen molar-refractivity contribution >= 4 is 29.9 Å². The van der Waals surface area contributed by atoms with Gasteiger partial charge in [-0.2, -0.15) is 0 Å². The van der Waals surface area contributed by atoms with E-state index < -0.39 is 0 Å². The van der Waals surface area contributed by atoms with E-state index in [2.05, 4.69) is 42.5 Å². The first-order valence-electron chi connectivity index (χ1n) is 8.34. The summed E-state index contributed by atoms with van der Waals surface area (Å²) in [5, 5.41) is 6.88. The smallest absolute Gasteiger partial charge is 0.191 e. The standard InChI is InChI=1S/C17H33N3O.HI/c1-14(2)6-5-7-15(3)20-17(18-4)19-11-8-16-9-12-21-13-10-16;/h9,14-15H,5-8,10-13H2,1-4H3,(H2,18,19,20);1H. The van der Waals surface area contributed by atoms with Crippen LogP contribution in [0, 0.1) is 5.92 Å². The van der Waals surface area contributed by atoms with Crippen LogP contribution in [0.1, 0.15) is 52.9 Å². The van der Waals surface area contributed by atoms with Crippen LogP contribution in [0.3, 0.4) is 0 Å². The zero-order valence-corrected chi connectivity index (χ0v) is 17.0. The molecule has 0 spiro atoms. The molecule has 1 rings (SSSR count). The highest BCUT2D eigenvalue weighted by atomic mass is 127. The average Bonchev–Trinajstić information content (AvgIpc) is 2.47. The first-order chi connectivity index (χ1) is 10.1. The Labute approximate surface area is 153 Å². The van der Waals surface area contributed by atoms with E-state index in [1.807, 2.05) is 7.05 Å². The fraction of sp³-hybridized carbons (Fsp3) is 0.824. The number of hydrogen-bond acceptors (Lipinski definition) is 2. The predicted octanol–water partition coefficient (Wildman–Crippen LogP) is 3.72. The molecule has 0 aromatic carbocycles. The van der Waals surface area contributed by atoms with Gasteiger partial charge in [0.15, 0.2) is 5.96 Å². The maximum absolute atomic E-state index is 5.32. The van der Waals surface area contributed by atoms with Gasteiger partial charge < -0.3 is 15.4 Å². The lowest BCUT2D eigenvalue weighted by Crippen LogP contribution is -2.42. The molecule has 1 heterocycles. The van der Waals surface area contributed by atoms with Gasteiger partial charge in [0, 0.05) is 19.6 Å². The summed E-state index contributed by atoms with van der Waals surface area (Å²) >= 11 is 0. The third kappa shape index (κ3) is 10.4. The van der Waals surface area contributed by atoms with E-state index in [1.54, 1.807) is 0 Å². The molecule has 1 aliphatic heterocycles. The molecule has 4 nitrogen and oxygen atoms in total. The second kappa shape index (κ2) is 13.2. The minimum Gasteiger partial charge on any atom is -0.377 e. The summed E-state index contributed by atoms with van der Waals surface area (Å²) in [7, 11) is 1.84. The molecule has 130 valence electrons. The molecule has 0 radical (unpaired) electrons. The molecule has 1 atom stereocenters. The number of aliphatic imine (C=N–C) groups is 1. The summed E-state index contributed by atoms with van der Waals surface area (Å²) in [6.07, 6.45) is 8.12. The number of hydrogen-bond donors (Lipinski definition) is 2. The first-order valence-corrected chi connectivity index (χ1v) is 8.34. The van der Waals surface area contributed by atoms with Gasteiger partial charge in [-0.15, -0.1) is 24.0 Å². The van der Waals surface area contributed by atoms with Crippen molar-refractivity contribution in [3.63, 3.8) is 0 Å². The summed E-state index contributed by atoms with van der Waals surface area (Å²) in [5.74, 6) is 1.71. The number of ether oxygens (including phenoxy) is 1. The number of halogens is 1. The number of guanidine groups is 1. The summed E-state index contributed by atoms with van der Waals surface area (Å²) in [5.41, 5.74) is 1.49. The van der Waals surface area contributed by atoms with Gasteiger partial charge in [-0.25, -0.2) is 0 Å². The van der Waals surface area contributed by atoms with E-state index in [9.17, 15) is 0 Å². The fourth-order valence-electron chi connectivity index (χ4n) is 2.47. The lowest BCUT2D eigenvalue weighted by molar-refractivity contribution is 0.153. The van der Waals surface area contributed by atoms with Crippen LogP contribution in [0.25, 0.3) is 0 Å². The quantitative estimate of drug-likeness (QED) is 0.271. The molecule has 5 heteroatoms. The van der Waals surface area contributed by atoms with E-state index in [1.165, 1.54) is 24.8 Å². The van der Waals surface area contributed by atoms with Gasteiger partial charge in [0.05, 0.1) is 13.2 Å². The van der Waals surface area contributed by atoms with Crippen molar-refractivity contribution in [1.29, 1.82) is 0 Å². The van der Waals surface area contributed by atoms with Gasteiger partial charge >= 0.3 is 0 Å². The molecule has 0 aliphatic carbocycles. The summed E-state index contributed by atoms with van der Waals surface area (Å²) in [6.45, 7) is 9.37. The first kappa shape index (κ1) is 21.7. The molecular formula is C17H34IN3O. The van der Waals surface area contributed by atoms with Crippen LogP contribution in [0.5, 0.6) is 0 Å².